The minimum Gasteiger partial charge on any atom is -0.381 e. The molecular formula is C20H39IN4O2. The Balaban J connectivity index is 0.00000261. The number of ether oxygens (including phenoxy) is 2. The predicted molar refractivity (Wildman–Crippen MR) is 121 cm³/mol. The van der Waals surface area contributed by atoms with Gasteiger partial charge in [-0.3, -0.25) is 9.89 Å². The fourth-order valence-electron chi connectivity index (χ4n) is 4.69. The highest BCUT2D eigenvalue weighted by Gasteiger charge is 2.39. The normalized spacial score (nSPS) is 24.4. The van der Waals surface area contributed by atoms with Gasteiger partial charge >= 0.3 is 0 Å². The molecule has 1 N–H and O–H groups in total. The molecule has 0 radical (unpaired) electrons. The highest BCUT2D eigenvalue weighted by atomic mass is 127. The standard InChI is InChI=1S/C20H38N4O2.HI/c1-21-19(23(2)12-5-18-6-13-25-14-7-18)22-17-20(8-15-26-16-9-20)24-10-3-4-11-24;/h18H,3-17H2,1-2H3,(H,21,22);1H. The lowest BCUT2D eigenvalue weighted by Crippen LogP contribution is -2.58. The molecule has 6 nitrogen and oxygen atoms in total. The maximum absolute atomic E-state index is 5.67. The van der Waals surface area contributed by atoms with E-state index in [-0.39, 0.29) is 29.5 Å². The van der Waals surface area contributed by atoms with E-state index in [1.165, 1.54) is 45.2 Å². The molecule has 3 aliphatic rings. The van der Waals surface area contributed by atoms with E-state index in [2.05, 4.69) is 27.2 Å². The first kappa shape index (κ1) is 23.2. The number of nitrogens with one attached hydrogen (secondary N) is 1. The van der Waals surface area contributed by atoms with Crippen LogP contribution in [0.3, 0.4) is 0 Å². The molecule has 0 aromatic rings. The fraction of sp³-hybridized carbons (Fsp3) is 0.950. The van der Waals surface area contributed by atoms with Gasteiger partial charge in [0.2, 0.25) is 0 Å². The SMILES string of the molecule is CN=C(NCC1(N2CCCC2)CCOCC1)N(C)CCC1CCOCC1.I. The summed E-state index contributed by atoms with van der Waals surface area (Å²) in [6.45, 7) is 8.14. The first-order chi connectivity index (χ1) is 12.7. The van der Waals surface area contributed by atoms with Crippen LogP contribution in [0, 0.1) is 5.92 Å². The van der Waals surface area contributed by atoms with Gasteiger partial charge in [0.15, 0.2) is 5.96 Å². The smallest absolute Gasteiger partial charge is 0.193 e. The van der Waals surface area contributed by atoms with Gasteiger partial charge in [-0.25, -0.2) is 0 Å². The minimum absolute atomic E-state index is 0. The highest BCUT2D eigenvalue weighted by Crippen LogP contribution is 2.30. The fourth-order valence-corrected chi connectivity index (χ4v) is 4.69. The Bertz CT molecular complexity index is 445. The van der Waals surface area contributed by atoms with Gasteiger partial charge in [0.1, 0.15) is 0 Å². The van der Waals surface area contributed by atoms with Crippen molar-refractivity contribution in [3.63, 3.8) is 0 Å². The van der Waals surface area contributed by atoms with Gasteiger partial charge < -0.3 is 19.7 Å². The molecule has 0 aromatic carbocycles. The van der Waals surface area contributed by atoms with Crippen molar-refractivity contribution >= 4 is 29.9 Å². The molecule has 3 rings (SSSR count). The summed E-state index contributed by atoms with van der Waals surface area (Å²) >= 11 is 0. The van der Waals surface area contributed by atoms with E-state index >= 15 is 0 Å². The van der Waals surface area contributed by atoms with Crippen LogP contribution >= 0.6 is 24.0 Å². The maximum atomic E-state index is 5.67. The van der Waals surface area contributed by atoms with E-state index in [9.17, 15) is 0 Å². The van der Waals surface area contributed by atoms with Crippen LogP contribution in [0.4, 0.5) is 0 Å². The van der Waals surface area contributed by atoms with Crippen molar-refractivity contribution in [1.29, 1.82) is 0 Å². The van der Waals surface area contributed by atoms with Crippen molar-refractivity contribution in [2.75, 3.05) is 66.7 Å². The Labute approximate surface area is 182 Å². The Hall–Kier alpha value is -0.120. The van der Waals surface area contributed by atoms with Crippen LogP contribution < -0.4 is 5.32 Å². The summed E-state index contributed by atoms with van der Waals surface area (Å²) in [6.07, 6.45) is 8.57. The van der Waals surface area contributed by atoms with Crippen molar-refractivity contribution < 1.29 is 9.47 Å². The lowest BCUT2D eigenvalue weighted by Gasteiger charge is -2.45. The average molecular weight is 494 g/mol. The summed E-state index contributed by atoms with van der Waals surface area (Å²) in [6, 6.07) is 0. The Kier molecular flexibility index (Phi) is 10.1. The summed E-state index contributed by atoms with van der Waals surface area (Å²) in [5.74, 6) is 1.83. The second-order valence-corrected chi connectivity index (χ2v) is 8.20. The molecule has 0 bridgehead atoms. The van der Waals surface area contributed by atoms with Crippen LogP contribution in [-0.4, -0.2) is 88.0 Å². The minimum atomic E-state index is 0. The number of aliphatic imine (C=N–C) groups is 1. The molecule has 0 amide bonds. The Morgan fingerprint density at radius 2 is 1.74 bits per heavy atom. The second-order valence-electron chi connectivity index (χ2n) is 8.20. The summed E-state index contributed by atoms with van der Waals surface area (Å²) in [5.41, 5.74) is 0.242. The number of nitrogens with zero attached hydrogens (tertiary/aromatic N) is 3. The van der Waals surface area contributed by atoms with Gasteiger partial charge in [-0.1, -0.05) is 0 Å². The van der Waals surface area contributed by atoms with Crippen molar-refractivity contribution in [2.24, 2.45) is 10.9 Å². The van der Waals surface area contributed by atoms with Gasteiger partial charge in [0.05, 0.1) is 0 Å². The van der Waals surface area contributed by atoms with Crippen LogP contribution in [-0.2, 0) is 9.47 Å². The lowest BCUT2D eigenvalue weighted by molar-refractivity contribution is -0.0166. The second kappa shape index (κ2) is 11.8. The number of hydrogen-bond acceptors (Lipinski definition) is 4. The number of halogens is 1. The van der Waals surface area contributed by atoms with Gasteiger partial charge in [0, 0.05) is 59.2 Å². The summed E-state index contributed by atoms with van der Waals surface area (Å²) in [7, 11) is 4.07. The molecule has 0 aliphatic carbocycles. The van der Waals surface area contributed by atoms with Crippen molar-refractivity contribution in [3.05, 3.63) is 0 Å². The molecule has 3 fully saturated rings. The van der Waals surface area contributed by atoms with Crippen LogP contribution in [0.15, 0.2) is 4.99 Å². The molecular weight excluding hydrogens is 455 g/mol. The van der Waals surface area contributed by atoms with E-state index in [1.807, 2.05) is 7.05 Å². The topological polar surface area (TPSA) is 49.3 Å². The first-order valence-corrected chi connectivity index (χ1v) is 10.6. The van der Waals surface area contributed by atoms with E-state index in [4.69, 9.17) is 9.47 Å². The summed E-state index contributed by atoms with van der Waals surface area (Å²) < 4.78 is 11.1. The zero-order valence-corrected chi connectivity index (χ0v) is 19.6. The van der Waals surface area contributed by atoms with Gasteiger partial charge in [-0.15, -0.1) is 24.0 Å². The van der Waals surface area contributed by atoms with Crippen molar-refractivity contribution in [1.82, 2.24) is 15.1 Å². The summed E-state index contributed by atoms with van der Waals surface area (Å²) in [4.78, 5) is 9.56. The molecule has 0 saturated carbocycles. The molecule has 3 heterocycles. The largest absolute Gasteiger partial charge is 0.381 e. The van der Waals surface area contributed by atoms with Gasteiger partial charge in [-0.2, -0.15) is 0 Å². The monoisotopic (exact) mass is 494 g/mol. The van der Waals surface area contributed by atoms with E-state index in [1.54, 1.807) is 0 Å². The molecule has 3 saturated heterocycles. The van der Waals surface area contributed by atoms with Crippen LogP contribution in [0.1, 0.15) is 44.9 Å². The third-order valence-corrected chi connectivity index (χ3v) is 6.56. The van der Waals surface area contributed by atoms with Crippen LogP contribution in [0.25, 0.3) is 0 Å². The van der Waals surface area contributed by atoms with E-state index in [0.717, 1.165) is 64.2 Å². The third kappa shape index (κ3) is 6.44. The van der Waals surface area contributed by atoms with Crippen LogP contribution in [0.2, 0.25) is 0 Å². The zero-order valence-electron chi connectivity index (χ0n) is 17.3. The Morgan fingerprint density at radius 3 is 2.37 bits per heavy atom. The number of guanidine groups is 1. The number of hydrogen-bond donors (Lipinski definition) is 1. The molecule has 158 valence electrons. The molecule has 0 spiro atoms. The van der Waals surface area contributed by atoms with E-state index in [0.29, 0.717) is 0 Å². The van der Waals surface area contributed by atoms with E-state index < -0.39 is 0 Å². The average Bonchev–Trinajstić information content (AvgIpc) is 3.24. The van der Waals surface area contributed by atoms with Crippen molar-refractivity contribution in [3.8, 4) is 0 Å². The molecule has 0 aromatic heterocycles. The maximum Gasteiger partial charge on any atom is 0.193 e. The zero-order chi connectivity index (χ0) is 18.2. The molecule has 0 unspecified atom stereocenters. The first-order valence-electron chi connectivity index (χ1n) is 10.6. The molecule has 27 heavy (non-hydrogen) atoms. The summed E-state index contributed by atoms with van der Waals surface area (Å²) in [5, 5.41) is 3.70. The van der Waals surface area contributed by atoms with Gasteiger partial charge in [0.25, 0.3) is 0 Å². The van der Waals surface area contributed by atoms with Crippen molar-refractivity contribution in [2.45, 2.75) is 50.5 Å². The Morgan fingerprint density at radius 1 is 1.11 bits per heavy atom. The molecule has 7 heteroatoms. The quantitative estimate of drug-likeness (QED) is 0.350. The van der Waals surface area contributed by atoms with Crippen LogP contribution in [0.5, 0.6) is 0 Å². The molecule has 0 atom stereocenters. The predicted octanol–water partition coefficient (Wildman–Crippen LogP) is 2.57. The lowest BCUT2D eigenvalue weighted by atomic mass is 9.88. The third-order valence-electron chi connectivity index (χ3n) is 6.56. The number of likely N-dealkylation sites (tertiary alicyclic amines) is 1. The highest BCUT2D eigenvalue weighted by molar-refractivity contribution is 14.0. The number of rotatable bonds is 6. The van der Waals surface area contributed by atoms with Gasteiger partial charge in [-0.05, 0) is 64.0 Å². The molecule has 3 aliphatic heterocycles.